The normalized spacial score (nSPS) is 11.2. The van der Waals surface area contributed by atoms with Gasteiger partial charge in [0.2, 0.25) is 0 Å². The van der Waals surface area contributed by atoms with E-state index in [1.807, 2.05) is 125 Å². The van der Waals surface area contributed by atoms with Crippen LogP contribution in [0.25, 0.3) is 177 Å². The van der Waals surface area contributed by atoms with Gasteiger partial charge in [-0.25, -0.2) is 0 Å². The highest BCUT2D eigenvalue weighted by molar-refractivity contribution is 9.11. The number of hydrogen-bond donors (Lipinski definition) is 5. The third-order valence-corrected chi connectivity index (χ3v) is 35.5. The van der Waals surface area contributed by atoms with Crippen LogP contribution in [0.5, 0.6) is 0 Å². The largest absolute Gasteiger partial charge is 0.488 e. The van der Waals surface area contributed by atoms with Crippen LogP contribution in [0.3, 0.4) is 0 Å². The summed E-state index contributed by atoms with van der Waals surface area (Å²) in [6.45, 7) is 0. The second kappa shape index (κ2) is 42.4. The van der Waals surface area contributed by atoms with Crippen molar-refractivity contribution in [2.75, 3.05) is 0 Å². The highest BCUT2D eigenvalue weighted by Crippen LogP contribution is 2.46. The first-order valence-corrected chi connectivity index (χ1v) is 54.7. The van der Waals surface area contributed by atoms with E-state index in [1.54, 1.807) is 53.0 Å². The van der Waals surface area contributed by atoms with E-state index in [2.05, 4.69) is 406 Å². The lowest BCUT2D eigenvalue weighted by Gasteiger charge is -2.18. The van der Waals surface area contributed by atoms with E-state index in [0.717, 1.165) is 34.2 Å². The Hall–Kier alpha value is -11.7. The minimum absolute atomic E-state index is 0.0689. The first-order valence-electron chi connectivity index (χ1n) is 43.7. The second-order valence-corrected chi connectivity index (χ2v) is 46.3. The Balaban J connectivity index is 0.0000000993. The van der Waals surface area contributed by atoms with E-state index >= 15 is 0 Å². The first kappa shape index (κ1) is 94.8. The molecule has 0 aliphatic heterocycles. The van der Waals surface area contributed by atoms with Gasteiger partial charge >= 0.3 is 7.12 Å². The van der Waals surface area contributed by atoms with Crippen LogP contribution in [0, 0.1) is 20.2 Å². The summed E-state index contributed by atoms with van der Waals surface area (Å²) in [4.78, 5) is 31.7. The first-order chi connectivity index (χ1) is 67.7. The minimum Gasteiger partial charge on any atom is -0.423 e. The van der Waals surface area contributed by atoms with Crippen LogP contribution in [-0.2, 0) is 0 Å². The standard InChI is InChI=1S/C18H10BrNO2S.3C18H10BrNS.C18H15P.C12H9BO2S.C6H3Br2NO2.C6H5Br/c19-12-6-7-13(16(10-12)20(21)22)11-5-8-18-15(9-11)14-3-1-2-4-17(14)23-18;19-10-5-6-11-13-8-14-12-3-1-2-4-17(12)21-18(14)9-16(13)20-15(11)7-10;2*19-10-5-6-11-12-7-8-16-17(18(12)20-14(11)9-10)13-3-1-2-4-15(13)21-16;1-4-10-16(11-5-1)19(17-12-6-2-7-13-17)18-14-8-3-9-15-18;14-13(15)8-5-6-12-10(7-8)9-3-1-2-4-11(9)16-12;7-4-1-2-5(8)6(3-4)9(10)11;7-6-4-2-1-3-5-6/h1-10H;3*1-9,20H;1-15H;1-7,14-15H;1-3H;1-5H. The zero-order valence-corrected chi connectivity index (χ0v) is 88.9. The molecular weight excluding hydrogens is 2300 g/mol. The van der Waals surface area contributed by atoms with Crippen molar-refractivity contribution in [2.45, 2.75) is 0 Å². The molecule has 5 N–H and O–H groups in total. The fourth-order valence-corrected chi connectivity index (χ4v) is 27.6. The van der Waals surface area contributed by atoms with Crippen molar-refractivity contribution in [3.63, 3.8) is 0 Å². The number of hydrogen-bond acceptors (Lipinski definition) is 11. The topological polar surface area (TPSA) is 174 Å². The lowest BCUT2D eigenvalue weighted by Crippen LogP contribution is -2.29. The molecule has 0 unspecified atom stereocenters. The van der Waals surface area contributed by atoms with Gasteiger partial charge in [0.05, 0.1) is 30.9 Å². The monoisotopic (exact) mass is 2360 g/mol. The van der Waals surface area contributed by atoms with Crippen molar-refractivity contribution < 1.29 is 19.9 Å². The quantitative estimate of drug-likeness (QED) is 0.0460. The zero-order chi connectivity index (χ0) is 95.5. The predicted molar refractivity (Wildman–Crippen MR) is 625 cm³/mol. The van der Waals surface area contributed by atoms with Gasteiger partial charge in [0.1, 0.15) is 0 Å². The fraction of sp³-hybridized carbons (Fsp3) is 0. The Labute approximate surface area is 876 Å². The summed E-state index contributed by atoms with van der Waals surface area (Å²) in [5.41, 5.74) is 9.47. The number of nitrogens with one attached hydrogen (secondary N) is 3. The lowest BCUT2D eigenvalue weighted by atomic mass is 9.80. The van der Waals surface area contributed by atoms with Crippen LogP contribution >= 0.6 is 176 Å². The molecule has 0 fully saturated rings. The predicted octanol–water partition coefficient (Wildman–Crippen LogP) is 36.5. The third kappa shape index (κ3) is 20.5. The van der Waals surface area contributed by atoms with Crippen molar-refractivity contribution in [2.24, 2.45) is 0 Å². The molecule has 0 atom stereocenters. The van der Waals surface area contributed by atoms with E-state index in [0.29, 0.717) is 24.4 Å². The summed E-state index contributed by atoms with van der Waals surface area (Å²) in [5.74, 6) is 0. The highest BCUT2D eigenvalue weighted by atomic mass is 79.9. The molecule has 0 spiro atoms. The molecule has 8 heterocycles. The average Bonchev–Trinajstić information content (AvgIpc) is 1.58. The number of nitrogens with zero attached hydrogens (tertiary/aromatic N) is 2. The summed E-state index contributed by atoms with van der Waals surface area (Å²) in [5, 5.41) is 64.6. The number of thiophene rings is 5. The summed E-state index contributed by atoms with van der Waals surface area (Å²) in [6.07, 6.45) is 0. The number of nitro benzene ring substituents is 2. The van der Waals surface area contributed by atoms with Crippen molar-refractivity contribution in [3.05, 3.63) is 458 Å². The fourth-order valence-electron chi connectivity index (χ4n) is 17.3. The maximum Gasteiger partial charge on any atom is 0.488 e. The molecule has 27 aromatic rings. The molecule has 25 heteroatoms. The minimum atomic E-state index is -1.40. The third-order valence-electron chi connectivity index (χ3n) is 23.6. The molecule has 0 amide bonds. The van der Waals surface area contributed by atoms with Gasteiger partial charge in [-0.3, -0.25) is 20.2 Å². The number of fused-ring (bicyclic) bond motifs is 26. The van der Waals surface area contributed by atoms with Gasteiger partial charge in [-0.2, -0.15) is 0 Å². The van der Waals surface area contributed by atoms with Crippen molar-refractivity contribution in [1.82, 2.24) is 15.0 Å². The molecular formula is C114H72BBr7N5O6PS5. The summed E-state index contributed by atoms with van der Waals surface area (Å²) >= 11 is 32.5. The van der Waals surface area contributed by atoms with Crippen LogP contribution in [0.15, 0.2) is 438 Å². The second-order valence-electron chi connectivity index (χ2n) is 32.3. The van der Waals surface area contributed by atoms with E-state index in [-0.39, 0.29) is 16.3 Å². The molecule has 0 aliphatic carbocycles. The number of H-pyrrole nitrogens is 3. The average molecular weight is 2370 g/mol. The molecule has 19 aromatic carbocycles. The van der Waals surface area contributed by atoms with E-state index in [4.69, 9.17) is 10.0 Å². The molecule has 27 rings (SSSR count). The molecule has 676 valence electrons. The van der Waals surface area contributed by atoms with Crippen LogP contribution in [0.2, 0.25) is 0 Å². The molecule has 0 radical (unpaired) electrons. The number of nitro groups is 2. The smallest absolute Gasteiger partial charge is 0.423 e. The van der Waals surface area contributed by atoms with E-state index in [1.165, 1.54) is 177 Å². The van der Waals surface area contributed by atoms with Crippen molar-refractivity contribution in [1.29, 1.82) is 0 Å². The number of halogens is 7. The Bertz CT molecular complexity index is 9010. The summed E-state index contributed by atoms with van der Waals surface area (Å²) in [7, 11) is -1.85. The van der Waals surface area contributed by atoms with Gasteiger partial charge in [-0.15, -0.1) is 56.7 Å². The van der Waals surface area contributed by atoms with Crippen LogP contribution < -0.4 is 21.4 Å². The maximum absolute atomic E-state index is 11.4. The number of aromatic amines is 3. The van der Waals surface area contributed by atoms with Crippen molar-refractivity contribution >= 4 is 382 Å². The molecule has 0 saturated heterocycles. The molecule has 0 aliphatic rings. The molecule has 139 heavy (non-hydrogen) atoms. The van der Waals surface area contributed by atoms with E-state index < -0.39 is 20.0 Å². The maximum atomic E-state index is 11.4. The molecule has 11 nitrogen and oxygen atoms in total. The van der Waals surface area contributed by atoms with Gasteiger partial charge in [0.25, 0.3) is 11.4 Å². The number of aromatic nitrogens is 3. The zero-order valence-electron chi connectivity index (χ0n) is 72.8. The SMILES string of the molecule is Brc1ccc2c(c1)[nH]c1c2ccc2sc3ccccc3c21.Brc1ccc2c(c1)[nH]c1c2ccc2sc3ccccc3c21.Brc1ccc2c(c1)[nH]c1cc3sc4ccccc4c3cc12.Brc1ccccc1.O=[N+]([O-])c1cc(Br)ccc1-c1ccc2sc3ccccc3c2c1.O=[N+]([O-])c1cc(Br)ccc1Br.OB(O)c1ccc2sc3ccccc3c2c1.c1ccc(P(c2ccccc2)c2ccccc2)cc1. The van der Waals surface area contributed by atoms with Gasteiger partial charge < -0.3 is 25.0 Å². The Kier molecular flexibility index (Phi) is 28.9. The Morgan fingerprint density at radius 3 is 1.02 bits per heavy atom. The Morgan fingerprint density at radius 2 is 0.583 bits per heavy atom. The van der Waals surface area contributed by atoms with Gasteiger partial charge in [0.15, 0.2) is 0 Å². The number of benzene rings is 19. The lowest BCUT2D eigenvalue weighted by molar-refractivity contribution is -0.385. The molecule has 8 aromatic heterocycles. The molecule has 0 saturated carbocycles. The van der Waals surface area contributed by atoms with Crippen LogP contribution in [0.1, 0.15) is 0 Å². The van der Waals surface area contributed by atoms with Crippen LogP contribution in [0.4, 0.5) is 11.4 Å². The number of rotatable bonds is 7. The summed E-state index contributed by atoms with van der Waals surface area (Å²) in [6, 6.07) is 139. The van der Waals surface area contributed by atoms with Gasteiger partial charge in [0, 0.05) is 189 Å². The Morgan fingerprint density at radius 1 is 0.252 bits per heavy atom. The van der Waals surface area contributed by atoms with E-state index in [9.17, 15) is 20.2 Å². The van der Waals surface area contributed by atoms with Gasteiger partial charge in [-0.05, 0) is 202 Å². The summed E-state index contributed by atoms with van der Waals surface area (Å²) < 4.78 is 19.2. The highest BCUT2D eigenvalue weighted by Gasteiger charge is 2.22. The van der Waals surface area contributed by atoms with Crippen LogP contribution in [-0.4, -0.2) is 42.0 Å². The molecule has 0 bridgehead atoms. The van der Waals surface area contributed by atoms with Gasteiger partial charge in [-0.1, -0.05) is 344 Å². The van der Waals surface area contributed by atoms with Crippen molar-refractivity contribution in [3.8, 4) is 11.1 Å².